The first kappa shape index (κ1) is 25.0. The van der Waals surface area contributed by atoms with E-state index in [4.69, 9.17) is 4.74 Å². The Kier molecular flexibility index (Phi) is 7.90. The number of hydrogen-bond donors (Lipinski definition) is 1. The fourth-order valence-corrected chi connectivity index (χ4v) is 5.00. The molecule has 0 radical (unpaired) electrons. The molecule has 1 saturated carbocycles. The van der Waals surface area contributed by atoms with Crippen molar-refractivity contribution in [2.45, 2.75) is 39.2 Å². The molecule has 0 unspecified atom stereocenters. The Morgan fingerprint density at radius 1 is 1.20 bits per heavy atom. The summed E-state index contributed by atoms with van der Waals surface area (Å²) in [5, 5.41) is 3.01. The number of rotatable bonds is 8. The molecule has 1 N–H and O–H groups in total. The zero-order valence-electron chi connectivity index (χ0n) is 20.8. The minimum absolute atomic E-state index is 0.194. The highest BCUT2D eigenvalue weighted by molar-refractivity contribution is 5.95. The summed E-state index contributed by atoms with van der Waals surface area (Å²) < 4.78 is 5.47. The molecule has 8 heteroatoms. The second-order valence-corrected chi connectivity index (χ2v) is 9.51. The summed E-state index contributed by atoms with van der Waals surface area (Å²) in [6.45, 7) is 11.2. The highest BCUT2D eigenvalue weighted by Crippen LogP contribution is 2.33. The quantitative estimate of drug-likeness (QED) is 0.457. The van der Waals surface area contributed by atoms with Gasteiger partial charge in [-0.25, -0.2) is 9.59 Å². The Bertz CT molecular complexity index is 1010. The van der Waals surface area contributed by atoms with Crippen LogP contribution in [0.3, 0.4) is 0 Å². The van der Waals surface area contributed by atoms with Gasteiger partial charge < -0.3 is 15.0 Å². The molecule has 1 aromatic carbocycles. The fraction of sp³-hybridized carbons (Fsp3) is 0.519. The largest absolute Gasteiger partial charge is 0.463 e. The number of urea groups is 1. The van der Waals surface area contributed by atoms with E-state index in [1.165, 1.54) is 0 Å². The molecule has 0 bridgehead atoms. The molecule has 1 atom stereocenters. The Labute approximate surface area is 207 Å². The van der Waals surface area contributed by atoms with Crippen LogP contribution in [0.1, 0.15) is 43.4 Å². The molecule has 2 fully saturated rings. The van der Waals surface area contributed by atoms with Crippen molar-refractivity contribution in [3.8, 4) is 0 Å². The molecular formula is C27H36N4O4. The number of ether oxygens (including phenoxy) is 1. The fourth-order valence-electron chi connectivity index (χ4n) is 5.00. The molecule has 1 aliphatic carbocycles. The molecule has 0 aromatic heterocycles. The van der Waals surface area contributed by atoms with E-state index in [0.29, 0.717) is 44.0 Å². The third-order valence-corrected chi connectivity index (χ3v) is 7.13. The Balaban J connectivity index is 1.63. The summed E-state index contributed by atoms with van der Waals surface area (Å²) in [6, 6.07) is 6.95. The van der Waals surface area contributed by atoms with E-state index >= 15 is 0 Å². The van der Waals surface area contributed by atoms with Gasteiger partial charge in [0.05, 0.1) is 18.2 Å². The summed E-state index contributed by atoms with van der Waals surface area (Å²) >= 11 is 0. The number of piperazine rings is 1. The zero-order valence-corrected chi connectivity index (χ0v) is 20.8. The molecule has 3 aliphatic rings. The second kappa shape index (κ2) is 11.1. The number of nitrogens with one attached hydrogen (secondary N) is 1. The monoisotopic (exact) mass is 480 g/mol. The van der Waals surface area contributed by atoms with Gasteiger partial charge in [-0.05, 0) is 32.3 Å². The van der Waals surface area contributed by atoms with Gasteiger partial charge in [-0.1, -0.05) is 42.3 Å². The molecule has 2 aliphatic heterocycles. The van der Waals surface area contributed by atoms with E-state index in [1.807, 2.05) is 36.1 Å². The molecule has 1 aromatic rings. The minimum Gasteiger partial charge on any atom is -0.463 e. The second-order valence-electron chi connectivity index (χ2n) is 9.51. The van der Waals surface area contributed by atoms with Crippen LogP contribution >= 0.6 is 0 Å². The van der Waals surface area contributed by atoms with Gasteiger partial charge in [-0.2, -0.15) is 0 Å². The minimum atomic E-state index is -0.598. The Morgan fingerprint density at radius 2 is 1.94 bits per heavy atom. The smallest absolute Gasteiger partial charge is 0.338 e. The van der Waals surface area contributed by atoms with Crippen molar-refractivity contribution in [1.82, 2.24) is 20.0 Å². The number of benzene rings is 1. The van der Waals surface area contributed by atoms with Crippen molar-refractivity contribution in [2.75, 3.05) is 45.9 Å². The predicted molar refractivity (Wildman–Crippen MR) is 133 cm³/mol. The van der Waals surface area contributed by atoms with E-state index < -0.39 is 12.0 Å². The van der Waals surface area contributed by atoms with E-state index in [9.17, 15) is 14.4 Å². The molecule has 3 amide bonds. The molecular weight excluding hydrogens is 444 g/mol. The van der Waals surface area contributed by atoms with Crippen LogP contribution in [-0.2, 0) is 14.3 Å². The third-order valence-electron chi connectivity index (χ3n) is 7.13. The summed E-state index contributed by atoms with van der Waals surface area (Å²) in [4.78, 5) is 44.9. The first-order valence-electron chi connectivity index (χ1n) is 12.6. The van der Waals surface area contributed by atoms with Crippen molar-refractivity contribution in [3.05, 3.63) is 59.3 Å². The SMILES string of the molecule is C=CCN1C(=O)N[C@@H](c2cccc(C)c2)C(C(=O)OCC)=C1CN1CCN(C(=O)C2CCC2)CC1. The van der Waals surface area contributed by atoms with Crippen LogP contribution in [0.2, 0.25) is 0 Å². The number of amides is 3. The van der Waals surface area contributed by atoms with Gasteiger partial charge in [0.1, 0.15) is 0 Å². The highest BCUT2D eigenvalue weighted by Gasteiger charge is 2.39. The van der Waals surface area contributed by atoms with E-state index in [-0.39, 0.29) is 31.0 Å². The molecule has 35 heavy (non-hydrogen) atoms. The number of nitrogens with zero attached hydrogens (tertiary/aromatic N) is 3. The first-order valence-corrected chi connectivity index (χ1v) is 12.6. The standard InChI is InChI=1S/C27H36N4O4/c1-4-12-31-22(18-29-13-15-30(16-14-29)25(32)20-9-7-10-20)23(26(33)35-5-2)24(28-27(31)34)21-11-6-8-19(3)17-21/h4,6,8,11,17,20,24H,1,5,7,9-10,12-16,18H2,2-3H3,(H,28,34)/t24-/m0/s1. The number of carbonyl (C=O) groups is 3. The average Bonchev–Trinajstić information content (AvgIpc) is 2.80. The van der Waals surface area contributed by atoms with Gasteiger partial charge >= 0.3 is 12.0 Å². The maximum Gasteiger partial charge on any atom is 0.338 e. The number of carbonyl (C=O) groups excluding carboxylic acids is 3. The van der Waals surface area contributed by atoms with Crippen LogP contribution in [0.15, 0.2) is 48.2 Å². The molecule has 2 heterocycles. The van der Waals surface area contributed by atoms with Gasteiger partial charge in [0.2, 0.25) is 5.91 Å². The average molecular weight is 481 g/mol. The topological polar surface area (TPSA) is 82.2 Å². The van der Waals surface area contributed by atoms with Crippen LogP contribution in [0.5, 0.6) is 0 Å². The van der Waals surface area contributed by atoms with Crippen LogP contribution in [0.25, 0.3) is 0 Å². The maximum atomic E-state index is 13.3. The van der Waals surface area contributed by atoms with Gasteiger partial charge in [-0.3, -0.25) is 14.6 Å². The van der Waals surface area contributed by atoms with Gasteiger partial charge in [0.15, 0.2) is 0 Å². The lowest BCUT2D eigenvalue weighted by Gasteiger charge is -2.41. The maximum absolute atomic E-state index is 13.3. The van der Waals surface area contributed by atoms with E-state index in [2.05, 4.69) is 16.8 Å². The van der Waals surface area contributed by atoms with Gasteiger partial charge in [0.25, 0.3) is 0 Å². The molecule has 0 spiro atoms. The van der Waals surface area contributed by atoms with Crippen LogP contribution in [-0.4, -0.2) is 78.5 Å². The van der Waals surface area contributed by atoms with Gasteiger partial charge in [-0.15, -0.1) is 6.58 Å². The summed E-state index contributed by atoms with van der Waals surface area (Å²) in [7, 11) is 0. The van der Waals surface area contributed by atoms with Crippen LogP contribution in [0.4, 0.5) is 4.79 Å². The summed E-state index contributed by atoms with van der Waals surface area (Å²) in [5.41, 5.74) is 2.97. The third kappa shape index (κ3) is 5.42. The predicted octanol–water partition coefficient (Wildman–Crippen LogP) is 3.01. The number of hydrogen-bond acceptors (Lipinski definition) is 5. The van der Waals surface area contributed by atoms with Crippen molar-refractivity contribution < 1.29 is 19.1 Å². The van der Waals surface area contributed by atoms with E-state index in [0.717, 1.165) is 30.4 Å². The lowest BCUT2D eigenvalue weighted by Crippen LogP contribution is -2.54. The van der Waals surface area contributed by atoms with Crippen molar-refractivity contribution in [1.29, 1.82) is 0 Å². The lowest BCUT2D eigenvalue weighted by molar-refractivity contribution is -0.140. The highest BCUT2D eigenvalue weighted by atomic mass is 16.5. The van der Waals surface area contributed by atoms with Crippen molar-refractivity contribution in [3.63, 3.8) is 0 Å². The first-order chi connectivity index (χ1) is 16.9. The van der Waals surface area contributed by atoms with Crippen LogP contribution in [0, 0.1) is 12.8 Å². The van der Waals surface area contributed by atoms with Crippen molar-refractivity contribution >= 4 is 17.9 Å². The molecule has 188 valence electrons. The van der Waals surface area contributed by atoms with Crippen LogP contribution < -0.4 is 5.32 Å². The Hall–Kier alpha value is -3.13. The molecule has 1 saturated heterocycles. The Morgan fingerprint density at radius 3 is 2.54 bits per heavy atom. The van der Waals surface area contributed by atoms with Gasteiger partial charge in [0, 0.05) is 50.9 Å². The van der Waals surface area contributed by atoms with E-state index in [1.54, 1.807) is 17.9 Å². The summed E-state index contributed by atoms with van der Waals surface area (Å²) in [5.74, 6) is 0.0360. The summed E-state index contributed by atoms with van der Waals surface area (Å²) in [6.07, 6.45) is 4.80. The lowest BCUT2D eigenvalue weighted by atomic mass is 9.84. The van der Waals surface area contributed by atoms with Crippen molar-refractivity contribution in [2.24, 2.45) is 5.92 Å². The number of aryl methyl sites for hydroxylation is 1. The number of esters is 1. The normalized spacial score (nSPS) is 21.4. The zero-order chi connectivity index (χ0) is 24.9. The molecule has 8 nitrogen and oxygen atoms in total. The molecule has 4 rings (SSSR count).